The normalized spacial score (nSPS) is 12.1. The molecule has 2 aromatic carbocycles. The van der Waals surface area contributed by atoms with Gasteiger partial charge < -0.3 is 27.3 Å². The molecule has 0 radical (unpaired) electrons. The number of carbonyl (C=O) groups excluding carboxylic acids is 3. The van der Waals surface area contributed by atoms with E-state index >= 15 is 0 Å². The van der Waals surface area contributed by atoms with Crippen LogP contribution in [-0.2, 0) is 27.2 Å². The molecule has 0 fully saturated rings. The number of esters is 1. The van der Waals surface area contributed by atoms with Gasteiger partial charge in [-0.3, -0.25) is 19.9 Å². The number of aliphatic imine (C=N–C) groups is 1. The fraction of sp³-hybridized carbons (Fsp3) is 0.355. The number of nitrogens with zero attached hydrogens (tertiary/aromatic N) is 3. The highest BCUT2D eigenvalue weighted by Gasteiger charge is 2.24. The van der Waals surface area contributed by atoms with Crippen molar-refractivity contribution in [1.29, 1.82) is 0 Å². The number of halogens is 1. The highest BCUT2D eigenvalue weighted by molar-refractivity contribution is 6.31. The predicted molar refractivity (Wildman–Crippen MR) is 172 cm³/mol. The Balaban J connectivity index is 1.41. The molecule has 0 bridgehead atoms. The number of methoxy groups -OCH3 is 1. The maximum atomic E-state index is 12.4. The molecule has 8 N–H and O–H groups in total. The van der Waals surface area contributed by atoms with Gasteiger partial charge in [-0.15, -0.1) is 0 Å². The van der Waals surface area contributed by atoms with Crippen molar-refractivity contribution in [1.82, 2.24) is 20.6 Å². The van der Waals surface area contributed by atoms with Gasteiger partial charge in [0.05, 0.1) is 7.11 Å². The molecule has 2 amide bonds. The third-order valence-corrected chi connectivity index (χ3v) is 7.12. The van der Waals surface area contributed by atoms with Gasteiger partial charge in [-0.25, -0.2) is 14.8 Å². The van der Waals surface area contributed by atoms with E-state index in [0.717, 1.165) is 36.0 Å². The Kier molecular flexibility index (Phi) is 12.5. The SMILES string of the molecule is COC(=O)[C@@H](NC(=O)CCc1ccc(-c2ccc(CCCCN=C(N)NC(=O)c3nc(Cl)c(N)nc3N)cc2)cc1)C(C)C. The van der Waals surface area contributed by atoms with Crippen molar-refractivity contribution < 1.29 is 19.1 Å². The van der Waals surface area contributed by atoms with Gasteiger partial charge in [-0.05, 0) is 53.9 Å². The van der Waals surface area contributed by atoms with Crippen molar-refractivity contribution in [3.05, 3.63) is 70.5 Å². The number of aromatic nitrogens is 2. The summed E-state index contributed by atoms with van der Waals surface area (Å²) >= 11 is 5.81. The zero-order chi connectivity index (χ0) is 32.2. The third-order valence-electron chi connectivity index (χ3n) is 6.84. The lowest BCUT2D eigenvalue weighted by molar-refractivity contribution is -0.146. The first-order valence-electron chi connectivity index (χ1n) is 14.2. The van der Waals surface area contributed by atoms with E-state index in [4.69, 9.17) is 33.5 Å². The van der Waals surface area contributed by atoms with Crippen molar-refractivity contribution in [2.75, 3.05) is 25.1 Å². The van der Waals surface area contributed by atoms with Crippen LogP contribution in [0.5, 0.6) is 0 Å². The van der Waals surface area contributed by atoms with Gasteiger partial charge in [0, 0.05) is 13.0 Å². The topological polar surface area (TPSA) is 201 Å². The number of nitrogen functional groups attached to an aromatic ring is 2. The number of amides is 2. The van der Waals surface area contributed by atoms with E-state index in [1.54, 1.807) is 0 Å². The number of aryl methyl sites for hydroxylation is 2. The molecule has 0 saturated carbocycles. The fourth-order valence-electron chi connectivity index (χ4n) is 4.32. The number of hydrogen-bond donors (Lipinski definition) is 5. The van der Waals surface area contributed by atoms with Crippen LogP contribution in [0.15, 0.2) is 53.5 Å². The summed E-state index contributed by atoms with van der Waals surface area (Å²) in [4.78, 5) is 48.3. The minimum atomic E-state index is -0.674. The molecule has 1 aromatic heterocycles. The molecule has 0 aliphatic heterocycles. The third kappa shape index (κ3) is 9.94. The summed E-state index contributed by atoms with van der Waals surface area (Å²) in [5.41, 5.74) is 21.2. The first-order chi connectivity index (χ1) is 21.0. The first-order valence-corrected chi connectivity index (χ1v) is 14.6. The van der Waals surface area contributed by atoms with Crippen LogP contribution in [-0.4, -0.2) is 53.4 Å². The summed E-state index contributed by atoms with van der Waals surface area (Å²) < 4.78 is 4.78. The number of rotatable bonds is 13. The van der Waals surface area contributed by atoms with E-state index in [0.29, 0.717) is 13.0 Å². The number of nitrogens with one attached hydrogen (secondary N) is 2. The minimum absolute atomic E-state index is 0.0545. The summed E-state index contributed by atoms with van der Waals surface area (Å²) in [5.74, 6) is -1.63. The number of ether oxygens (including phenoxy) is 1. The van der Waals surface area contributed by atoms with Crippen LogP contribution in [0.25, 0.3) is 11.1 Å². The van der Waals surface area contributed by atoms with Crippen LogP contribution in [0, 0.1) is 5.92 Å². The molecule has 12 nitrogen and oxygen atoms in total. The molecule has 0 spiro atoms. The molecule has 0 saturated heterocycles. The minimum Gasteiger partial charge on any atom is -0.467 e. The second-order valence-electron chi connectivity index (χ2n) is 10.5. The largest absolute Gasteiger partial charge is 0.467 e. The van der Waals surface area contributed by atoms with Gasteiger partial charge in [-0.1, -0.05) is 74.0 Å². The lowest BCUT2D eigenvalue weighted by Crippen LogP contribution is -2.45. The molecule has 3 rings (SSSR count). The van der Waals surface area contributed by atoms with Crippen molar-refractivity contribution in [3.8, 4) is 11.1 Å². The van der Waals surface area contributed by atoms with Crippen LogP contribution in [0.4, 0.5) is 11.6 Å². The monoisotopic (exact) mass is 622 g/mol. The zero-order valence-corrected chi connectivity index (χ0v) is 25.9. The molecule has 1 atom stereocenters. The second-order valence-corrected chi connectivity index (χ2v) is 10.9. The number of hydrogen-bond acceptors (Lipinski definition) is 9. The Morgan fingerprint density at radius 3 is 2.07 bits per heavy atom. The Morgan fingerprint density at radius 2 is 1.50 bits per heavy atom. The fourth-order valence-corrected chi connectivity index (χ4v) is 4.45. The molecule has 0 unspecified atom stereocenters. The Hall–Kier alpha value is -4.71. The highest BCUT2D eigenvalue weighted by atomic mass is 35.5. The van der Waals surface area contributed by atoms with E-state index in [9.17, 15) is 14.4 Å². The molecule has 234 valence electrons. The van der Waals surface area contributed by atoms with Crippen molar-refractivity contribution in [3.63, 3.8) is 0 Å². The van der Waals surface area contributed by atoms with Crippen molar-refractivity contribution in [2.45, 2.75) is 52.0 Å². The number of nitrogens with two attached hydrogens (primary N) is 3. The summed E-state index contributed by atoms with van der Waals surface area (Å²) in [5, 5.41) is 5.06. The van der Waals surface area contributed by atoms with E-state index in [1.165, 1.54) is 12.7 Å². The van der Waals surface area contributed by atoms with Crippen molar-refractivity contribution in [2.24, 2.45) is 16.6 Å². The second kappa shape index (κ2) is 16.2. The Morgan fingerprint density at radius 1 is 0.909 bits per heavy atom. The van der Waals surface area contributed by atoms with Crippen LogP contribution >= 0.6 is 11.6 Å². The number of unbranched alkanes of at least 4 members (excludes halogenated alkanes) is 1. The highest BCUT2D eigenvalue weighted by Crippen LogP contribution is 2.22. The lowest BCUT2D eigenvalue weighted by atomic mass is 9.99. The molecular weight excluding hydrogens is 584 g/mol. The summed E-state index contributed by atoms with van der Waals surface area (Å²) in [7, 11) is 1.32. The lowest BCUT2D eigenvalue weighted by Gasteiger charge is -2.19. The number of carbonyl (C=O) groups is 3. The molecule has 13 heteroatoms. The maximum absolute atomic E-state index is 12.4. The van der Waals surface area contributed by atoms with Gasteiger partial charge in [0.25, 0.3) is 5.91 Å². The van der Waals surface area contributed by atoms with Gasteiger partial charge in [0.2, 0.25) is 5.91 Å². The first kappa shape index (κ1) is 33.8. The quantitative estimate of drug-likeness (QED) is 0.0820. The zero-order valence-electron chi connectivity index (χ0n) is 25.1. The summed E-state index contributed by atoms with van der Waals surface area (Å²) in [6.07, 6.45) is 3.38. The van der Waals surface area contributed by atoms with E-state index < -0.39 is 17.9 Å². The molecule has 0 aliphatic rings. The van der Waals surface area contributed by atoms with Gasteiger partial charge >= 0.3 is 5.97 Å². The molecular formula is C31H39ClN8O4. The van der Waals surface area contributed by atoms with Gasteiger partial charge in [0.15, 0.2) is 28.4 Å². The van der Waals surface area contributed by atoms with Gasteiger partial charge in [0.1, 0.15) is 6.04 Å². The van der Waals surface area contributed by atoms with Gasteiger partial charge in [-0.2, -0.15) is 0 Å². The Bertz CT molecular complexity index is 1480. The predicted octanol–water partition coefficient (Wildman–Crippen LogP) is 3.28. The van der Waals surface area contributed by atoms with E-state index in [-0.39, 0.29) is 46.7 Å². The number of anilines is 2. The molecule has 44 heavy (non-hydrogen) atoms. The smallest absolute Gasteiger partial charge is 0.328 e. The van der Waals surface area contributed by atoms with Crippen molar-refractivity contribution >= 4 is 47.0 Å². The molecule has 1 heterocycles. The number of benzene rings is 2. The summed E-state index contributed by atoms with van der Waals surface area (Å²) in [6, 6.07) is 15.8. The van der Waals surface area contributed by atoms with Crippen LogP contribution in [0.1, 0.15) is 54.7 Å². The van der Waals surface area contributed by atoms with Crippen LogP contribution in [0.3, 0.4) is 0 Å². The number of guanidine groups is 1. The standard InChI is InChI=1S/C31H39ClN8O4/c1-18(2)24(30(43)44-3)37-23(41)16-11-20-9-14-22(15-10-20)21-12-7-19(8-13-21)6-4-5-17-36-31(35)40-29(42)25-27(33)39-28(34)26(32)38-25/h7-10,12-15,18,24H,4-6,11,16-17H2,1-3H3,(H,37,41)(H4,33,34,39)(H3,35,36,40,42)/t24-/m0/s1. The van der Waals surface area contributed by atoms with E-state index in [1.807, 2.05) is 38.1 Å². The summed E-state index contributed by atoms with van der Waals surface area (Å²) in [6.45, 7) is 4.16. The molecule has 0 aliphatic carbocycles. The van der Waals surface area contributed by atoms with Crippen LogP contribution in [0.2, 0.25) is 5.15 Å². The molecule has 3 aromatic rings. The van der Waals surface area contributed by atoms with E-state index in [2.05, 4.69) is 49.9 Å². The Labute approximate surface area is 261 Å². The average Bonchev–Trinajstić information content (AvgIpc) is 3.00. The van der Waals surface area contributed by atoms with Crippen LogP contribution < -0.4 is 27.8 Å². The average molecular weight is 623 g/mol. The maximum Gasteiger partial charge on any atom is 0.328 e.